The molecule has 0 amide bonds. The Labute approximate surface area is 113 Å². The van der Waals surface area contributed by atoms with Gasteiger partial charge in [-0.05, 0) is 12.3 Å². The van der Waals surface area contributed by atoms with Crippen LogP contribution in [0.3, 0.4) is 0 Å². The van der Waals surface area contributed by atoms with Crippen molar-refractivity contribution in [1.29, 1.82) is 0 Å². The van der Waals surface area contributed by atoms with Crippen molar-refractivity contribution in [3.8, 4) is 0 Å². The highest BCUT2D eigenvalue weighted by molar-refractivity contribution is 9.10. The summed E-state index contributed by atoms with van der Waals surface area (Å²) in [5, 5.41) is 0. The van der Waals surface area contributed by atoms with Gasteiger partial charge in [-0.25, -0.2) is 0 Å². The largest absolute Gasteiger partial charge is 0.450 e. The standard InChI is InChI=1S/C12H23BrO2S/c1-4-5-6-7-8-10(13)11(14)15-12(16)9(2)3/h9-10,12,16H,4-8H2,1-3H3. The van der Waals surface area contributed by atoms with Crippen LogP contribution in [0.4, 0.5) is 0 Å². The van der Waals surface area contributed by atoms with Gasteiger partial charge in [0, 0.05) is 0 Å². The molecule has 0 saturated heterocycles. The molecule has 0 aromatic heterocycles. The molecule has 0 heterocycles. The van der Waals surface area contributed by atoms with Gasteiger partial charge in [0.15, 0.2) is 0 Å². The Hall–Kier alpha value is 0.300. The second-order valence-electron chi connectivity index (χ2n) is 4.39. The Balaban J connectivity index is 3.73. The Morgan fingerprint density at radius 2 is 1.94 bits per heavy atom. The molecular formula is C12H23BrO2S. The fraction of sp³-hybridized carbons (Fsp3) is 0.917. The van der Waals surface area contributed by atoms with E-state index in [0.29, 0.717) is 0 Å². The quantitative estimate of drug-likeness (QED) is 0.239. The number of halogens is 1. The lowest BCUT2D eigenvalue weighted by molar-refractivity contribution is -0.145. The number of rotatable bonds is 8. The van der Waals surface area contributed by atoms with Crippen LogP contribution < -0.4 is 0 Å². The van der Waals surface area contributed by atoms with E-state index >= 15 is 0 Å². The molecule has 2 atom stereocenters. The number of unbranched alkanes of at least 4 members (excludes halogenated alkanes) is 3. The predicted molar refractivity (Wildman–Crippen MR) is 75.2 cm³/mol. The number of carbonyl (C=O) groups is 1. The highest BCUT2D eigenvalue weighted by Gasteiger charge is 2.20. The van der Waals surface area contributed by atoms with Gasteiger partial charge in [0.1, 0.15) is 10.3 Å². The molecule has 2 unspecified atom stereocenters. The third-order valence-corrected chi connectivity index (χ3v) is 3.91. The molecule has 0 aliphatic carbocycles. The van der Waals surface area contributed by atoms with Gasteiger partial charge in [-0.2, -0.15) is 0 Å². The van der Waals surface area contributed by atoms with Crippen molar-refractivity contribution in [2.75, 3.05) is 0 Å². The molecule has 2 nitrogen and oxygen atoms in total. The van der Waals surface area contributed by atoms with E-state index in [2.05, 4.69) is 35.5 Å². The summed E-state index contributed by atoms with van der Waals surface area (Å²) in [6, 6.07) is 0. The fourth-order valence-corrected chi connectivity index (χ4v) is 1.73. The lowest BCUT2D eigenvalue weighted by Gasteiger charge is -2.17. The number of hydrogen-bond donors (Lipinski definition) is 1. The zero-order chi connectivity index (χ0) is 12.6. The van der Waals surface area contributed by atoms with Crippen LogP contribution in [0.25, 0.3) is 0 Å². The number of hydrogen-bond acceptors (Lipinski definition) is 3. The van der Waals surface area contributed by atoms with Crippen LogP contribution in [0, 0.1) is 5.92 Å². The predicted octanol–water partition coefficient (Wildman–Crippen LogP) is 4.18. The van der Waals surface area contributed by atoms with Crippen LogP contribution in [0.1, 0.15) is 52.9 Å². The van der Waals surface area contributed by atoms with Crippen molar-refractivity contribution in [1.82, 2.24) is 0 Å². The summed E-state index contributed by atoms with van der Waals surface area (Å²) in [5.74, 6) is 0.0530. The van der Waals surface area contributed by atoms with Gasteiger partial charge < -0.3 is 4.74 Å². The number of ether oxygens (including phenoxy) is 1. The third-order valence-electron chi connectivity index (χ3n) is 2.37. The zero-order valence-electron chi connectivity index (χ0n) is 10.4. The summed E-state index contributed by atoms with van der Waals surface area (Å²) in [6.45, 7) is 6.14. The van der Waals surface area contributed by atoms with Crippen LogP contribution in [-0.2, 0) is 9.53 Å². The van der Waals surface area contributed by atoms with E-state index in [0.717, 1.165) is 12.8 Å². The highest BCUT2D eigenvalue weighted by Crippen LogP contribution is 2.17. The maximum absolute atomic E-state index is 11.6. The molecule has 4 heteroatoms. The molecule has 0 aliphatic rings. The summed E-state index contributed by atoms with van der Waals surface area (Å²) in [7, 11) is 0. The van der Waals surface area contributed by atoms with Crippen LogP contribution >= 0.6 is 28.6 Å². The maximum atomic E-state index is 11.6. The van der Waals surface area contributed by atoms with Gasteiger partial charge in [0.25, 0.3) is 0 Å². The van der Waals surface area contributed by atoms with Gasteiger partial charge in [-0.3, -0.25) is 4.79 Å². The van der Waals surface area contributed by atoms with E-state index in [4.69, 9.17) is 4.74 Å². The normalized spacial score (nSPS) is 14.9. The van der Waals surface area contributed by atoms with Crippen LogP contribution in [0.15, 0.2) is 0 Å². The molecule has 0 aromatic carbocycles. The van der Waals surface area contributed by atoms with Crippen molar-refractivity contribution >= 4 is 34.5 Å². The minimum atomic E-state index is -0.303. The van der Waals surface area contributed by atoms with Crippen LogP contribution in [-0.4, -0.2) is 16.2 Å². The van der Waals surface area contributed by atoms with E-state index in [9.17, 15) is 4.79 Å². The molecule has 0 spiro atoms. The average Bonchev–Trinajstić information content (AvgIpc) is 2.23. The maximum Gasteiger partial charge on any atom is 0.320 e. The molecule has 0 radical (unpaired) electrons. The highest BCUT2D eigenvalue weighted by atomic mass is 79.9. The number of alkyl halides is 1. The molecular weight excluding hydrogens is 288 g/mol. The van der Waals surface area contributed by atoms with Gasteiger partial charge in [0.2, 0.25) is 0 Å². The third kappa shape index (κ3) is 7.55. The average molecular weight is 311 g/mol. The Morgan fingerprint density at radius 3 is 2.44 bits per heavy atom. The van der Waals surface area contributed by atoms with Crippen LogP contribution in [0.2, 0.25) is 0 Å². The summed E-state index contributed by atoms with van der Waals surface area (Å²) >= 11 is 7.58. The minimum Gasteiger partial charge on any atom is -0.450 e. The molecule has 0 bridgehead atoms. The van der Waals surface area contributed by atoms with Gasteiger partial charge in [0.05, 0.1) is 0 Å². The molecule has 0 aromatic rings. The minimum absolute atomic E-state index is 0.183. The van der Waals surface area contributed by atoms with E-state index in [1.807, 2.05) is 13.8 Å². The first-order valence-corrected chi connectivity index (χ1v) is 7.44. The fourth-order valence-electron chi connectivity index (χ4n) is 1.20. The number of carbonyl (C=O) groups excluding carboxylic acids is 1. The monoisotopic (exact) mass is 310 g/mol. The molecule has 96 valence electrons. The number of thiol groups is 1. The second-order valence-corrected chi connectivity index (χ2v) is 6.00. The smallest absolute Gasteiger partial charge is 0.320 e. The topological polar surface area (TPSA) is 26.3 Å². The van der Waals surface area contributed by atoms with Crippen molar-refractivity contribution in [3.63, 3.8) is 0 Å². The van der Waals surface area contributed by atoms with Crippen molar-refractivity contribution in [2.24, 2.45) is 5.92 Å². The van der Waals surface area contributed by atoms with E-state index in [1.165, 1.54) is 19.3 Å². The Morgan fingerprint density at radius 1 is 1.31 bits per heavy atom. The second kappa shape index (κ2) is 9.34. The molecule has 16 heavy (non-hydrogen) atoms. The van der Waals surface area contributed by atoms with Gasteiger partial charge in [-0.1, -0.05) is 62.4 Å². The summed E-state index contributed by atoms with van der Waals surface area (Å²) < 4.78 is 5.21. The molecule has 0 rings (SSSR count). The Kier molecular flexibility index (Phi) is 9.52. The summed E-state index contributed by atoms with van der Waals surface area (Å²) in [6.07, 6.45) is 5.54. The SMILES string of the molecule is CCCCCCC(Br)C(=O)OC(S)C(C)C. The van der Waals surface area contributed by atoms with Gasteiger partial charge in [-0.15, -0.1) is 12.6 Å². The first-order chi connectivity index (χ1) is 7.49. The van der Waals surface area contributed by atoms with E-state index in [-0.39, 0.29) is 22.2 Å². The first kappa shape index (κ1) is 16.3. The van der Waals surface area contributed by atoms with Crippen molar-refractivity contribution in [3.05, 3.63) is 0 Å². The summed E-state index contributed by atoms with van der Waals surface area (Å²) in [5.41, 5.74) is -0.303. The Bertz CT molecular complexity index is 197. The van der Waals surface area contributed by atoms with E-state index in [1.54, 1.807) is 0 Å². The van der Waals surface area contributed by atoms with Crippen molar-refractivity contribution in [2.45, 2.75) is 63.1 Å². The molecule has 0 fully saturated rings. The molecule has 0 N–H and O–H groups in total. The number of esters is 1. The first-order valence-electron chi connectivity index (χ1n) is 6.01. The lowest BCUT2D eigenvalue weighted by atomic mass is 10.1. The lowest BCUT2D eigenvalue weighted by Crippen LogP contribution is -2.24. The van der Waals surface area contributed by atoms with Crippen LogP contribution in [0.5, 0.6) is 0 Å². The van der Waals surface area contributed by atoms with Gasteiger partial charge >= 0.3 is 5.97 Å². The zero-order valence-corrected chi connectivity index (χ0v) is 12.9. The van der Waals surface area contributed by atoms with Crippen molar-refractivity contribution < 1.29 is 9.53 Å². The molecule has 0 aliphatic heterocycles. The summed E-state index contributed by atoms with van der Waals surface area (Å²) in [4.78, 5) is 11.4. The molecule has 0 saturated carbocycles. The van der Waals surface area contributed by atoms with E-state index < -0.39 is 0 Å².